The second-order valence-corrected chi connectivity index (χ2v) is 7.30. The summed E-state index contributed by atoms with van der Waals surface area (Å²) in [6.45, 7) is 1.41. The van der Waals surface area contributed by atoms with Crippen molar-refractivity contribution in [2.75, 3.05) is 19.6 Å². The fourth-order valence-electron chi connectivity index (χ4n) is 3.45. The van der Waals surface area contributed by atoms with Crippen LogP contribution in [0.2, 0.25) is 0 Å². The third-order valence-electron chi connectivity index (χ3n) is 4.95. The zero-order chi connectivity index (χ0) is 21.7. The van der Waals surface area contributed by atoms with Gasteiger partial charge >= 0.3 is 6.18 Å². The van der Waals surface area contributed by atoms with Crippen LogP contribution in [-0.4, -0.2) is 52.2 Å². The fourth-order valence-corrected chi connectivity index (χ4v) is 3.45. The van der Waals surface area contributed by atoms with Crippen molar-refractivity contribution in [2.24, 2.45) is 7.05 Å². The van der Waals surface area contributed by atoms with Gasteiger partial charge in [0, 0.05) is 39.4 Å². The number of alkyl halides is 3. The van der Waals surface area contributed by atoms with Gasteiger partial charge in [0.15, 0.2) is 0 Å². The van der Waals surface area contributed by atoms with Gasteiger partial charge in [-0.1, -0.05) is 18.2 Å². The van der Waals surface area contributed by atoms with Crippen LogP contribution in [0.15, 0.2) is 36.7 Å². The Balaban J connectivity index is 1.59. The van der Waals surface area contributed by atoms with Crippen molar-refractivity contribution in [1.29, 1.82) is 0 Å². The Morgan fingerprint density at radius 1 is 1.33 bits per heavy atom. The molecule has 1 aliphatic rings. The lowest BCUT2D eigenvalue weighted by molar-refractivity contribution is -0.137. The van der Waals surface area contributed by atoms with E-state index >= 15 is 0 Å². The molecule has 1 fully saturated rings. The van der Waals surface area contributed by atoms with Gasteiger partial charge in [-0.25, -0.2) is 0 Å². The second kappa shape index (κ2) is 9.29. The molecule has 2 amide bonds. The lowest BCUT2D eigenvalue weighted by Gasteiger charge is -2.34. The van der Waals surface area contributed by atoms with E-state index in [-0.39, 0.29) is 24.8 Å². The smallest absolute Gasteiger partial charge is 0.356 e. The second-order valence-electron chi connectivity index (χ2n) is 7.30. The van der Waals surface area contributed by atoms with Crippen molar-refractivity contribution in [3.05, 3.63) is 53.3 Å². The highest BCUT2D eigenvalue weighted by atomic mass is 19.4. The SMILES string of the molecule is Cn1cc(CCNC(=O)CC2C(=O)NCCN2Cc2cccc(C(F)(F)F)c2)cn1. The van der Waals surface area contributed by atoms with E-state index in [1.54, 1.807) is 21.8 Å². The summed E-state index contributed by atoms with van der Waals surface area (Å²) < 4.78 is 40.6. The maximum atomic E-state index is 13.0. The molecule has 1 aliphatic heterocycles. The van der Waals surface area contributed by atoms with Crippen molar-refractivity contribution in [1.82, 2.24) is 25.3 Å². The Morgan fingerprint density at radius 2 is 2.13 bits per heavy atom. The molecule has 0 bridgehead atoms. The lowest BCUT2D eigenvalue weighted by atomic mass is 10.0. The number of hydrogen-bond donors (Lipinski definition) is 2. The van der Waals surface area contributed by atoms with Gasteiger partial charge in [0.25, 0.3) is 0 Å². The highest BCUT2D eigenvalue weighted by Gasteiger charge is 2.33. The van der Waals surface area contributed by atoms with E-state index in [1.165, 1.54) is 6.07 Å². The summed E-state index contributed by atoms with van der Waals surface area (Å²) in [6.07, 6.45) is -0.292. The maximum Gasteiger partial charge on any atom is 0.416 e. The quantitative estimate of drug-likeness (QED) is 0.707. The molecule has 2 aromatic rings. The number of aromatic nitrogens is 2. The van der Waals surface area contributed by atoms with Crippen molar-refractivity contribution < 1.29 is 22.8 Å². The first kappa shape index (κ1) is 21.8. The van der Waals surface area contributed by atoms with Crippen LogP contribution < -0.4 is 10.6 Å². The fraction of sp³-hybridized carbons (Fsp3) is 0.450. The van der Waals surface area contributed by atoms with Crippen LogP contribution >= 0.6 is 0 Å². The van der Waals surface area contributed by atoms with E-state index in [0.717, 1.165) is 17.7 Å². The minimum Gasteiger partial charge on any atom is -0.356 e. The number of benzene rings is 1. The number of hydrogen-bond acceptors (Lipinski definition) is 4. The summed E-state index contributed by atoms with van der Waals surface area (Å²) in [5.74, 6) is -0.578. The minimum atomic E-state index is -4.43. The third kappa shape index (κ3) is 5.82. The number of carbonyl (C=O) groups is 2. The zero-order valence-corrected chi connectivity index (χ0v) is 16.6. The molecular weight excluding hydrogens is 399 g/mol. The minimum absolute atomic E-state index is 0.0577. The Bertz CT molecular complexity index is 897. The molecule has 162 valence electrons. The van der Waals surface area contributed by atoms with Crippen molar-refractivity contribution in [3.63, 3.8) is 0 Å². The number of carbonyl (C=O) groups excluding carboxylic acids is 2. The lowest BCUT2D eigenvalue weighted by Crippen LogP contribution is -2.56. The number of halogens is 3. The van der Waals surface area contributed by atoms with E-state index in [0.29, 0.717) is 31.6 Å². The van der Waals surface area contributed by atoms with E-state index < -0.39 is 17.8 Å². The van der Waals surface area contributed by atoms with Gasteiger partial charge in [0.1, 0.15) is 0 Å². The van der Waals surface area contributed by atoms with Crippen LogP contribution in [0, 0.1) is 0 Å². The first-order valence-corrected chi connectivity index (χ1v) is 9.64. The molecule has 2 N–H and O–H groups in total. The molecule has 2 heterocycles. The zero-order valence-electron chi connectivity index (χ0n) is 16.6. The van der Waals surface area contributed by atoms with Gasteiger partial charge in [-0.15, -0.1) is 0 Å². The Hall–Kier alpha value is -2.88. The Kier molecular flexibility index (Phi) is 6.76. The molecule has 0 saturated carbocycles. The number of amides is 2. The molecule has 3 rings (SSSR count). The van der Waals surface area contributed by atoms with Crippen LogP contribution in [0.5, 0.6) is 0 Å². The highest BCUT2D eigenvalue weighted by Crippen LogP contribution is 2.30. The van der Waals surface area contributed by atoms with Gasteiger partial charge in [-0.05, 0) is 23.6 Å². The van der Waals surface area contributed by atoms with E-state index in [4.69, 9.17) is 0 Å². The molecule has 1 atom stereocenters. The molecular formula is C20H24F3N5O2. The molecule has 0 spiro atoms. The van der Waals surface area contributed by atoms with Gasteiger partial charge < -0.3 is 10.6 Å². The third-order valence-corrected chi connectivity index (χ3v) is 4.95. The normalized spacial score (nSPS) is 17.6. The number of nitrogens with zero attached hydrogens (tertiary/aromatic N) is 3. The molecule has 7 nitrogen and oxygen atoms in total. The molecule has 1 aromatic carbocycles. The van der Waals surface area contributed by atoms with E-state index in [2.05, 4.69) is 15.7 Å². The van der Waals surface area contributed by atoms with Crippen molar-refractivity contribution >= 4 is 11.8 Å². The molecule has 10 heteroatoms. The number of rotatable bonds is 7. The van der Waals surface area contributed by atoms with E-state index in [1.807, 2.05) is 13.2 Å². The molecule has 30 heavy (non-hydrogen) atoms. The number of piperazine rings is 1. The summed E-state index contributed by atoms with van der Waals surface area (Å²) in [4.78, 5) is 26.4. The summed E-state index contributed by atoms with van der Waals surface area (Å²) in [6, 6.07) is 4.30. The topological polar surface area (TPSA) is 79.3 Å². The molecule has 1 saturated heterocycles. The van der Waals surface area contributed by atoms with Crippen LogP contribution in [0.4, 0.5) is 13.2 Å². The highest BCUT2D eigenvalue weighted by molar-refractivity contribution is 5.88. The largest absolute Gasteiger partial charge is 0.416 e. The first-order chi connectivity index (χ1) is 14.2. The summed E-state index contributed by atoms with van der Waals surface area (Å²) in [5.41, 5.74) is 0.701. The van der Waals surface area contributed by atoms with Gasteiger partial charge in [-0.3, -0.25) is 19.2 Å². The molecule has 1 aromatic heterocycles. The van der Waals surface area contributed by atoms with Crippen LogP contribution in [0.3, 0.4) is 0 Å². The monoisotopic (exact) mass is 423 g/mol. The van der Waals surface area contributed by atoms with Crippen molar-refractivity contribution in [2.45, 2.75) is 31.6 Å². The summed E-state index contributed by atoms with van der Waals surface area (Å²) >= 11 is 0. The predicted octanol–water partition coefficient (Wildman–Crippen LogP) is 1.49. The van der Waals surface area contributed by atoms with Gasteiger partial charge in [-0.2, -0.15) is 18.3 Å². The predicted molar refractivity (Wildman–Crippen MR) is 103 cm³/mol. The average molecular weight is 423 g/mol. The van der Waals surface area contributed by atoms with Gasteiger partial charge in [0.05, 0.1) is 24.2 Å². The summed E-state index contributed by atoms with van der Waals surface area (Å²) in [7, 11) is 1.81. The molecule has 1 unspecified atom stereocenters. The van der Waals surface area contributed by atoms with Crippen LogP contribution in [-0.2, 0) is 35.8 Å². The first-order valence-electron chi connectivity index (χ1n) is 9.64. The Labute approximate surface area is 172 Å². The van der Waals surface area contributed by atoms with Crippen molar-refractivity contribution in [3.8, 4) is 0 Å². The van der Waals surface area contributed by atoms with Crippen LogP contribution in [0.25, 0.3) is 0 Å². The Morgan fingerprint density at radius 3 is 2.83 bits per heavy atom. The standard InChI is InChI=1S/C20H24F3N5O2/c1-27-12-15(11-26-27)5-6-24-18(29)10-17-19(30)25-7-8-28(17)13-14-3-2-4-16(9-14)20(21,22)23/h2-4,9,11-12,17H,5-8,10,13H2,1H3,(H,24,29)(H,25,30). The number of aryl methyl sites for hydroxylation is 1. The van der Waals surface area contributed by atoms with Crippen LogP contribution in [0.1, 0.15) is 23.1 Å². The van der Waals surface area contributed by atoms with Gasteiger partial charge in [0.2, 0.25) is 11.8 Å². The number of nitrogens with one attached hydrogen (secondary N) is 2. The molecule has 0 aliphatic carbocycles. The maximum absolute atomic E-state index is 13.0. The summed E-state index contributed by atoms with van der Waals surface area (Å²) in [5, 5.41) is 9.58. The van der Waals surface area contributed by atoms with E-state index in [9.17, 15) is 22.8 Å². The molecule has 0 radical (unpaired) electrons. The average Bonchev–Trinajstić information content (AvgIpc) is 3.09.